The van der Waals surface area contributed by atoms with E-state index in [2.05, 4.69) is 31.3 Å². The molecule has 1 N–H and O–H groups in total. The normalized spacial score (nSPS) is 16.6. The van der Waals surface area contributed by atoms with E-state index in [0.717, 1.165) is 24.3 Å². The van der Waals surface area contributed by atoms with Crippen LogP contribution in [0.25, 0.3) is 0 Å². The number of benzene rings is 1. The van der Waals surface area contributed by atoms with Crippen molar-refractivity contribution in [3.05, 3.63) is 23.3 Å². The highest BCUT2D eigenvalue weighted by molar-refractivity contribution is 5.63. The van der Waals surface area contributed by atoms with Crippen molar-refractivity contribution in [3.8, 4) is 11.8 Å². The second kappa shape index (κ2) is 4.89. The maximum Gasteiger partial charge on any atom is 0.142 e. The molecule has 1 aliphatic rings. The Morgan fingerprint density at radius 1 is 1.39 bits per heavy atom. The molecule has 2 rings (SSSR count). The van der Waals surface area contributed by atoms with Gasteiger partial charge >= 0.3 is 0 Å². The van der Waals surface area contributed by atoms with E-state index in [-0.39, 0.29) is 5.41 Å². The highest BCUT2D eigenvalue weighted by atomic mass is 16.5. The number of ether oxygens (including phenoxy) is 1. The Balaban J connectivity index is 2.16. The molecule has 0 bridgehead atoms. The zero-order chi connectivity index (χ0) is 13.2. The van der Waals surface area contributed by atoms with Crippen LogP contribution < -0.4 is 10.1 Å². The molecular weight excluding hydrogens is 224 g/mol. The minimum atomic E-state index is -0.164. The molecule has 0 unspecified atom stereocenters. The molecule has 0 heterocycles. The van der Waals surface area contributed by atoms with Crippen molar-refractivity contribution in [2.45, 2.75) is 33.1 Å². The van der Waals surface area contributed by atoms with Crippen molar-refractivity contribution in [1.29, 1.82) is 5.26 Å². The van der Waals surface area contributed by atoms with E-state index in [0.29, 0.717) is 6.54 Å². The number of aryl methyl sites for hydroxylation is 2. The lowest BCUT2D eigenvalue weighted by atomic mass is 9.70. The number of methoxy groups -OCH3 is 1. The third-order valence-corrected chi connectivity index (χ3v) is 3.81. The molecule has 96 valence electrons. The van der Waals surface area contributed by atoms with Crippen LogP contribution in [0.1, 0.15) is 30.4 Å². The van der Waals surface area contributed by atoms with Crippen LogP contribution in [0.4, 0.5) is 5.69 Å². The van der Waals surface area contributed by atoms with Gasteiger partial charge in [0.05, 0.1) is 24.3 Å². The molecule has 0 amide bonds. The number of nitriles is 1. The minimum Gasteiger partial charge on any atom is -0.495 e. The molecular formula is C15H20N2O. The second-order valence-electron chi connectivity index (χ2n) is 5.26. The Morgan fingerprint density at radius 2 is 2.11 bits per heavy atom. The fraction of sp³-hybridized carbons (Fsp3) is 0.533. The molecule has 0 aliphatic heterocycles. The van der Waals surface area contributed by atoms with Crippen LogP contribution in [0, 0.1) is 30.6 Å². The van der Waals surface area contributed by atoms with Crippen LogP contribution in [0.3, 0.4) is 0 Å². The summed E-state index contributed by atoms with van der Waals surface area (Å²) in [5, 5.41) is 12.6. The molecule has 3 heteroatoms. The second-order valence-corrected chi connectivity index (χ2v) is 5.26. The van der Waals surface area contributed by atoms with E-state index in [1.54, 1.807) is 7.11 Å². The topological polar surface area (TPSA) is 45.0 Å². The van der Waals surface area contributed by atoms with Crippen molar-refractivity contribution in [3.63, 3.8) is 0 Å². The Morgan fingerprint density at radius 3 is 2.61 bits per heavy atom. The van der Waals surface area contributed by atoms with Crippen molar-refractivity contribution >= 4 is 5.69 Å². The van der Waals surface area contributed by atoms with Gasteiger partial charge in [-0.25, -0.2) is 0 Å². The predicted molar refractivity (Wildman–Crippen MR) is 72.9 cm³/mol. The molecule has 0 radical (unpaired) electrons. The zero-order valence-electron chi connectivity index (χ0n) is 11.3. The summed E-state index contributed by atoms with van der Waals surface area (Å²) in [6.45, 7) is 4.84. The molecule has 0 spiro atoms. The summed E-state index contributed by atoms with van der Waals surface area (Å²) in [5.41, 5.74) is 3.21. The van der Waals surface area contributed by atoms with Gasteiger partial charge < -0.3 is 10.1 Å². The fourth-order valence-electron chi connectivity index (χ4n) is 2.51. The Hall–Kier alpha value is -1.69. The van der Waals surface area contributed by atoms with Crippen molar-refractivity contribution in [2.75, 3.05) is 19.0 Å². The van der Waals surface area contributed by atoms with Gasteiger partial charge in [0.15, 0.2) is 0 Å². The van der Waals surface area contributed by atoms with Gasteiger partial charge in [0, 0.05) is 6.54 Å². The number of nitrogens with one attached hydrogen (secondary N) is 1. The van der Waals surface area contributed by atoms with E-state index < -0.39 is 0 Å². The first-order valence-electron chi connectivity index (χ1n) is 6.40. The summed E-state index contributed by atoms with van der Waals surface area (Å²) in [5.74, 6) is 0.861. The predicted octanol–water partition coefficient (Wildman–Crippen LogP) is 3.42. The zero-order valence-corrected chi connectivity index (χ0v) is 11.3. The first-order valence-corrected chi connectivity index (χ1v) is 6.40. The summed E-state index contributed by atoms with van der Waals surface area (Å²) in [6, 6.07) is 6.60. The third-order valence-electron chi connectivity index (χ3n) is 3.81. The molecule has 0 atom stereocenters. The Kier molecular flexibility index (Phi) is 3.47. The number of nitrogens with zero attached hydrogens (tertiary/aromatic N) is 1. The van der Waals surface area contributed by atoms with E-state index in [9.17, 15) is 5.26 Å². The van der Waals surface area contributed by atoms with Crippen molar-refractivity contribution in [2.24, 2.45) is 5.41 Å². The molecule has 1 saturated carbocycles. The Labute approximate surface area is 109 Å². The summed E-state index contributed by atoms with van der Waals surface area (Å²) in [4.78, 5) is 0. The molecule has 1 aromatic carbocycles. The highest BCUT2D eigenvalue weighted by Crippen LogP contribution is 2.41. The number of hydrogen-bond donors (Lipinski definition) is 1. The van der Waals surface area contributed by atoms with E-state index in [1.165, 1.54) is 17.5 Å². The number of hydrogen-bond acceptors (Lipinski definition) is 3. The van der Waals surface area contributed by atoms with Gasteiger partial charge in [-0.1, -0.05) is 12.5 Å². The first kappa shape index (κ1) is 12.8. The lowest BCUT2D eigenvalue weighted by Gasteiger charge is -2.35. The molecule has 1 fully saturated rings. The van der Waals surface area contributed by atoms with Crippen LogP contribution in [-0.4, -0.2) is 13.7 Å². The average Bonchev–Trinajstić information content (AvgIpc) is 2.29. The van der Waals surface area contributed by atoms with Crippen molar-refractivity contribution in [1.82, 2.24) is 0 Å². The molecule has 0 aromatic heterocycles. The van der Waals surface area contributed by atoms with Crippen molar-refractivity contribution < 1.29 is 4.74 Å². The molecule has 1 aliphatic carbocycles. The molecule has 3 nitrogen and oxygen atoms in total. The third kappa shape index (κ3) is 2.28. The maximum absolute atomic E-state index is 9.23. The van der Waals surface area contributed by atoms with Gasteiger partial charge in [0.25, 0.3) is 0 Å². The van der Waals surface area contributed by atoms with Gasteiger partial charge in [-0.15, -0.1) is 0 Å². The summed E-state index contributed by atoms with van der Waals surface area (Å²) in [7, 11) is 1.68. The van der Waals surface area contributed by atoms with Crippen LogP contribution in [0.15, 0.2) is 12.1 Å². The lowest BCUT2D eigenvalue weighted by Crippen LogP contribution is -2.35. The number of anilines is 1. The van der Waals surface area contributed by atoms with Gasteiger partial charge in [0.1, 0.15) is 5.75 Å². The molecule has 0 saturated heterocycles. The first-order chi connectivity index (χ1) is 8.60. The molecule has 1 aromatic rings. The smallest absolute Gasteiger partial charge is 0.142 e. The van der Waals surface area contributed by atoms with Gasteiger partial charge in [-0.3, -0.25) is 0 Å². The largest absolute Gasteiger partial charge is 0.495 e. The highest BCUT2D eigenvalue weighted by Gasteiger charge is 2.37. The summed E-state index contributed by atoms with van der Waals surface area (Å²) >= 11 is 0. The SMILES string of the molecule is COc1cc(C)cc(C)c1NCC1(C#N)CCC1. The number of rotatable bonds is 4. The van der Waals surface area contributed by atoms with Gasteiger partial charge in [-0.2, -0.15) is 5.26 Å². The van der Waals surface area contributed by atoms with Gasteiger partial charge in [0.2, 0.25) is 0 Å². The molecule has 18 heavy (non-hydrogen) atoms. The van der Waals surface area contributed by atoms with Gasteiger partial charge in [-0.05, 0) is 43.9 Å². The van der Waals surface area contributed by atoms with Crippen LogP contribution in [0.5, 0.6) is 5.75 Å². The maximum atomic E-state index is 9.23. The van der Waals surface area contributed by atoms with E-state index in [1.807, 2.05) is 6.07 Å². The Bertz CT molecular complexity index is 484. The van der Waals surface area contributed by atoms with E-state index in [4.69, 9.17) is 4.74 Å². The quantitative estimate of drug-likeness (QED) is 0.882. The standard InChI is InChI=1S/C15H20N2O/c1-11-7-12(2)14(13(8-11)18-3)17-10-15(9-16)5-4-6-15/h7-8,17H,4-6,10H2,1-3H3. The summed E-state index contributed by atoms with van der Waals surface area (Å²) < 4.78 is 5.41. The summed E-state index contributed by atoms with van der Waals surface area (Å²) in [6.07, 6.45) is 3.17. The monoisotopic (exact) mass is 244 g/mol. The minimum absolute atomic E-state index is 0.164. The van der Waals surface area contributed by atoms with Crippen LogP contribution in [-0.2, 0) is 0 Å². The fourth-order valence-corrected chi connectivity index (χ4v) is 2.51. The van der Waals surface area contributed by atoms with Crippen LogP contribution >= 0.6 is 0 Å². The average molecular weight is 244 g/mol. The van der Waals surface area contributed by atoms with E-state index >= 15 is 0 Å². The lowest BCUT2D eigenvalue weighted by molar-refractivity contribution is 0.233. The van der Waals surface area contributed by atoms with Crippen LogP contribution in [0.2, 0.25) is 0 Å².